The number of rotatable bonds is 6. The summed E-state index contributed by atoms with van der Waals surface area (Å²) >= 11 is 7.45. The van der Waals surface area contributed by atoms with Gasteiger partial charge in [0.1, 0.15) is 5.75 Å². The summed E-state index contributed by atoms with van der Waals surface area (Å²) in [6, 6.07) is 5.11. The molecule has 0 aromatic heterocycles. The molecule has 0 radical (unpaired) electrons. The normalized spacial score (nSPS) is 20.9. The van der Waals surface area contributed by atoms with Crippen LogP contribution in [0.25, 0.3) is 0 Å². The number of amides is 1. The maximum Gasteiger partial charge on any atom is 0.233 e. The van der Waals surface area contributed by atoms with Crippen molar-refractivity contribution >= 4 is 39.1 Å². The number of thioether (sulfide) groups is 1. The average molecular weight is 378 g/mol. The van der Waals surface area contributed by atoms with E-state index in [2.05, 4.69) is 5.32 Å². The average Bonchev–Trinajstić information content (AvgIpc) is 2.83. The number of ether oxygens (including phenoxy) is 1. The molecule has 1 saturated heterocycles. The van der Waals surface area contributed by atoms with E-state index < -0.39 is 9.84 Å². The van der Waals surface area contributed by atoms with E-state index in [1.54, 1.807) is 26.2 Å². The van der Waals surface area contributed by atoms with E-state index in [4.69, 9.17) is 16.3 Å². The number of benzene rings is 1. The van der Waals surface area contributed by atoms with Gasteiger partial charge in [0.25, 0.3) is 0 Å². The monoisotopic (exact) mass is 377 g/mol. The second-order valence-corrected chi connectivity index (χ2v) is 9.51. The summed E-state index contributed by atoms with van der Waals surface area (Å²) in [5.74, 6) is 1.37. The van der Waals surface area contributed by atoms with Crippen molar-refractivity contribution in [2.24, 2.45) is 0 Å². The second kappa shape index (κ2) is 7.77. The highest BCUT2D eigenvalue weighted by Crippen LogP contribution is 2.28. The molecule has 1 aliphatic heterocycles. The summed E-state index contributed by atoms with van der Waals surface area (Å²) < 4.78 is 28.1. The maximum absolute atomic E-state index is 12.2. The van der Waals surface area contributed by atoms with Crippen molar-refractivity contribution in [3.63, 3.8) is 0 Å². The molecule has 2 rings (SSSR count). The third-order valence-corrected chi connectivity index (χ3v) is 6.87. The molecule has 2 atom stereocenters. The lowest BCUT2D eigenvalue weighted by Crippen LogP contribution is -2.40. The lowest BCUT2D eigenvalue weighted by molar-refractivity contribution is -0.120. The molecular formula is C15H20ClNO4S2. The Kier molecular flexibility index (Phi) is 6.22. The van der Waals surface area contributed by atoms with E-state index in [1.807, 2.05) is 6.07 Å². The van der Waals surface area contributed by atoms with Crippen LogP contribution < -0.4 is 10.1 Å². The molecule has 0 aliphatic carbocycles. The number of carbonyl (C=O) groups excluding carboxylic acids is 1. The molecule has 1 fully saturated rings. The smallest absolute Gasteiger partial charge is 0.233 e. The van der Waals surface area contributed by atoms with Gasteiger partial charge in [-0.3, -0.25) is 4.79 Å². The predicted molar refractivity (Wildman–Crippen MR) is 94.0 cm³/mol. The molecule has 5 nitrogen and oxygen atoms in total. The van der Waals surface area contributed by atoms with Crippen LogP contribution >= 0.6 is 23.4 Å². The summed E-state index contributed by atoms with van der Waals surface area (Å²) in [4.78, 5) is 12.2. The zero-order valence-corrected chi connectivity index (χ0v) is 15.4. The van der Waals surface area contributed by atoms with Crippen molar-refractivity contribution in [3.05, 3.63) is 28.8 Å². The Bertz CT molecular complexity index is 678. The van der Waals surface area contributed by atoms with Crippen molar-refractivity contribution in [2.75, 3.05) is 18.6 Å². The number of halogens is 1. The molecule has 2 unspecified atom stereocenters. The highest BCUT2D eigenvalue weighted by atomic mass is 35.5. The van der Waals surface area contributed by atoms with Crippen LogP contribution in [-0.2, 0) is 20.4 Å². The zero-order chi connectivity index (χ0) is 17.0. The Morgan fingerprint density at radius 3 is 2.87 bits per heavy atom. The molecule has 1 aromatic carbocycles. The van der Waals surface area contributed by atoms with Gasteiger partial charge in [-0.05, 0) is 31.5 Å². The van der Waals surface area contributed by atoms with Crippen molar-refractivity contribution < 1.29 is 17.9 Å². The minimum atomic E-state index is -2.99. The first-order chi connectivity index (χ1) is 10.8. The number of hydrogen-bond donors (Lipinski definition) is 1. The summed E-state index contributed by atoms with van der Waals surface area (Å²) in [6.07, 6.45) is 0.494. The molecule has 0 spiro atoms. The van der Waals surface area contributed by atoms with Crippen LogP contribution in [0.2, 0.25) is 5.02 Å². The van der Waals surface area contributed by atoms with Gasteiger partial charge in [0.15, 0.2) is 9.84 Å². The molecule has 128 valence electrons. The first kappa shape index (κ1) is 18.4. The van der Waals surface area contributed by atoms with E-state index >= 15 is 0 Å². The van der Waals surface area contributed by atoms with Crippen molar-refractivity contribution in [2.45, 2.75) is 30.4 Å². The first-order valence-corrected chi connectivity index (χ1v) is 10.5. The molecule has 0 bridgehead atoms. The molecular weight excluding hydrogens is 358 g/mol. The Hall–Kier alpha value is -0.920. The van der Waals surface area contributed by atoms with Crippen molar-refractivity contribution in [3.8, 4) is 5.75 Å². The minimum absolute atomic E-state index is 0.0399. The third-order valence-electron chi connectivity index (χ3n) is 3.68. The second-order valence-electron chi connectivity index (χ2n) is 5.52. The Labute approximate surface area is 146 Å². The summed E-state index contributed by atoms with van der Waals surface area (Å²) in [6.45, 7) is 1.81. The van der Waals surface area contributed by atoms with Gasteiger partial charge in [0.2, 0.25) is 5.91 Å². The van der Waals surface area contributed by atoms with Gasteiger partial charge in [-0.25, -0.2) is 8.42 Å². The maximum atomic E-state index is 12.2. The van der Waals surface area contributed by atoms with Gasteiger partial charge in [-0.2, -0.15) is 0 Å². The number of nitrogens with one attached hydrogen (secondary N) is 1. The molecule has 1 heterocycles. The lowest BCUT2D eigenvalue weighted by atomic mass is 10.2. The fourth-order valence-corrected chi connectivity index (χ4v) is 5.12. The zero-order valence-electron chi connectivity index (χ0n) is 13.0. The predicted octanol–water partition coefficient (Wildman–Crippen LogP) is 2.27. The molecule has 0 saturated carbocycles. The van der Waals surface area contributed by atoms with Gasteiger partial charge < -0.3 is 10.1 Å². The molecule has 1 aliphatic rings. The molecule has 23 heavy (non-hydrogen) atoms. The van der Waals surface area contributed by atoms with Gasteiger partial charge in [-0.1, -0.05) is 11.6 Å². The highest BCUT2D eigenvalue weighted by Gasteiger charge is 2.30. The van der Waals surface area contributed by atoms with E-state index in [-0.39, 0.29) is 28.7 Å². The van der Waals surface area contributed by atoms with E-state index in [9.17, 15) is 13.2 Å². The molecule has 1 amide bonds. The topological polar surface area (TPSA) is 72.5 Å². The van der Waals surface area contributed by atoms with Crippen molar-refractivity contribution in [1.82, 2.24) is 5.32 Å². The van der Waals surface area contributed by atoms with Crippen LogP contribution in [0.3, 0.4) is 0 Å². The first-order valence-electron chi connectivity index (χ1n) is 7.25. The summed E-state index contributed by atoms with van der Waals surface area (Å²) in [5, 5.41) is 3.14. The Morgan fingerprint density at radius 2 is 2.26 bits per heavy atom. The van der Waals surface area contributed by atoms with Gasteiger partial charge in [0, 0.05) is 22.4 Å². The van der Waals surface area contributed by atoms with Crippen LogP contribution in [-0.4, -0.2) is 44.2 Å². The molecule has 1 aromatic rings. The number of hydrogen-bond acceptors (Lipinski definition) is 5. The van der Waals surface area contributed by atoms with Crippen LogP contribution in [0.1, 0.15) is 18.9 Å². The van der Waals surface area contributed by atoms with E-state index in [0.29, 0.717) is 17.2 Å². The summed E-state index contributed by atoms with van der Waals surface area (Å²) in [7, 11) is -1.40. The van der Waals surface area contributed by atoms with E-state index in [1.165, 1.54) is 11.8 Å². The quantitative estimate of drug-likeness (QED) is 0.823. The standard InChI is InChI=1S/C15H20ClNO4S2/c1-10(15(18)17-13-5-6-23(19,20)9-13)22-8-11-7-12(16)3-4-14(11)21-2/h3-4,7,10,13H,5-6,8-9H2,1-2H3,(H,17,18). The fraction of sp³-hybridized carbons (Fsp3) is 0.533. The molecule has 1 N–H and O–H groups in total. The Balaban J connectivity index is 1.88. The summed E-state index contributed by atoms with van der Waals surface area (Å²) in [5.41, 5.74) is 0.924. The number of carbonyl (C=O) groups is 1. The third kappa shape index (κ3) is 5.29. The van der Waals surface area contributed by atoms with Crippen molar-refractivity contribution in [1.29, 1.82) is 0 Å². The van der Waals surface area contributed by atoms with E-state index in [0.717, 1.165) is 11.3 Å². The highest BCUT2D eigenvalue weighted by molar-refractivity contribution is 7.99. The number of methoxy groups -OCH3 is 1. The van der Waals surface area contributed by atoms with Crippen LogP contribution in [0.5, 0.6) is 5.75 Å². The van der Waals surface area contributed by atoms with Crippen LogP contribution in [0.4, 0.5) is 0 Å². The van der Waals surface area contributed by atoms with Crippen LogP contribution in [0, 0.1) is 0 Å². The minimum Gasteiger partial charge on any atom is -0.496 e. The fourth-order valence-electron chi connectivity index (χ4n) is 2.38. The number of sulfone groups is 1. The largest absolute Gasteiger partial charge is 0.496 e. The lowest BCUT2D eigenvalue weighted by Gasteiger charge is -2.16. The SMILES string of the molecule is COc1ccc(Cl)cc1CSC(C)C(=O)NC1CCS(=O)(=O)C1. The van der Waals surface area contributed by atoms with Gasteiger partial charge in [-0.15, -0.1) is 11.8 Å². The Morgan fingerprint density at radius 1 is 1.52 bits per heavy atom. The van der Waals surface area contributed by atoms with Gasteiger partial charge in [0.05, 0.1) is 23.9 Å². The molecule has 8 heteroatoms. The van der Waals surface area contributed by atoms with Crippen LogP contribution in [0.15, 0.2) is 18.2 Å². The van der Waals surface area contributed by atoms with Gasteiger partial charge >= 0.3 is 0 Å².